The Balaban J connectivity index is 1.95. The molecule has 0 aliphatic heterocycles. The number of nitrogen functional groups attached to an aromatic ring is 1. The number of fused-ring (bicyclic) bond motifs is 1. The number of nitroso groups, excluding NO2 is 1. The third-order valence-corrected chi connectivity index (χ3v) is 5.00. The molecule has 1 aliphatic carbocycles. The Kier molecular flexibility index (Phi) is 4.25. The lowest BCUT2D eigenvalue weighted by atomic mass is 9.66. The highest BCUT2D eigenvalue weighted by molar-refractivity contribution is 6.02. The molecule has 0 spiro atoms. The quantitative estimate of drug-likeness (QED) is 0.520. The summed E-state index contributed by atoms with van der Waals surface area (Å²) < 4.78 is 0. The third-order valence-electron chi connectivity index (χ3n) is 5.00. The smallest absolute Gasteiger partial charge is 0.163 e. The largest absolute Gasteiger partial charge is 0.397 e. The predicted molar refractivity (Wildman–Crippen MR) is 96.9 cm³/mol. The molecule has 3 rings (SSSR count). The van der Waals surface area contributed by atoms with E-state index in [0.29, 0.717) is 12.0 Å². The second kappa shape index (κ2) is 6.24. The van der Waals surface area contributed by atoms with Gasteiger partial charge in [-0.25, -0.2) is 0 Å². The first-order valence-corrected chi connectivity index (χ1v) is 8.23. The van der Waals surface area contributed by atoms with Crippen LogP contribution in [0.4, 0.5) is 11.4 Å². The predicted octanol–water partition coefficient (Wildman–Crippen LogP) is 3.96. The third kappa shape index (κ3) is 2.97. The van der Waals surface area contributed by atoms with Gasteiger partial charge in [0.15, 0.2) is 5.78 Å². The van der Waals surface area contributed by atoms with Crippen molar-refractivity contribution in [2.24, 2.45) is 11.1 Å². The number of nitrogens with two attached hydrogens (primary N) is 1. The highest BCUT2D eigenvalue weighted by Crippen LogP contribution is 2.41. The molecule has 0 heterocycles. The van der Waals surface area contributed by atoms with Gasteiger partial charge in [-0.1, -0.05) is 30.3 Å². The number of hydrogen-bond donors (Lipinski definition) is 1. The van der Waals surface area contributed by atoms with Crippen molar-refractivity contribution in [3.63, 3.8) is 0 Å². The molecule has 2 aromatic rings. The molecule has 0 fully saturated rings. The average molecular weight is 336 g/mol. The normalized spacial score (nSPS) is 18.5. The van der Waals surface area contributed by atoms with Gasteiger partial charge in [-0.3, -0.25) is 9.59 Å². The van der Waals surface area contributed by atoms with Gasteiger partial charge in [-0.2, -0.15) is 0 Å². The van der Waals surface area contributed by atoms with Gasteiger partial charge in [0.2, 0.25) is 0 Å². The molecule has 0 saturated heterocycles. The Morgan fingerprint density at radius 1 is 1.24 bits per heavy atom. The molecule has 5 heteroatoms. The first-order valence-electron chi connectivity index (χ1n) is 8.23. The minimum atomic E-state index is -0.759. The van der Waals surface area contributed by atoms with Crippen molar-refractivity contribution in [1.82, 2.24) is 0 Å². The first kappa shape index (κ1) is 17.0. The molecule has 128 valence electrons. The van der Waals surface area contributed by atoms with Gasteiger partial charge < -0.3 is 5.73 Å². The van der Waals surface area contributed by atoms with Crippen LogP contribution in [0.5, 0.6) is 0 Å². The monoisotopic (exact) mass is 336 g/mol. The summed E-state index contributed by atoms with van der Waals surface area (Å²) >= 11 is 0. The lowest BCUT2D eigenvalue weighted by molar-refractivity contribution is -0.128. The molecule has 0 amide bonds. The molecule has 2 aromatic carbocycles. The minimum absolute atomic E-state index is 0.0236. The van der Waals surface area contributed by atoms with Gasteiger partial charge in [0.1, 0.15) is 11.5 Å². The summed E-state index contributed by atoms with van der Waals surface area (Å²) in [5.41, 5.74) is 7.82. The minimum Gasteiger partial charge on any atom is -0.397 e. The summed E-state index contributed by atoms with van der Waals surface area (Å²) in [4.78, 5) is 36.4. The van der Waals surface area contributed by atoms with Gasteiger partial charge in [-0.05, 0) is 48.7 Å². The summed E-state index contributed by atoms with van der Waals surface area (Å²) in [7, 11) is 0. The average Bonchev–Trinajstić information content (AvgIpc) is 2.61. The van der Waals surface area contributed by atoms with Crippen molar-refractivity contribution in [1.29, 1.82) is 0 Å². The summed E-state index contributed by atoms with van der Waals surface area (Å²) in [5, 5.41) is 2.95. The number of hydrogen-bond acceptors (Lipinski definition) is 5. The molecule has 5 nitrogen and oxygen atoms in total. The topological polar surface area (TPSA) is 89.6 Å². The molecular formula is C20H20N2O3. The Bertz CT molecular complexity index is 857. The summed E-state index contributed by atoms with van der Waals surface area (Å²) in [6, 6.07) is 12.3. The van der Waals surface area contributed by atoms with Crippen LogP contribution in [-0.4, -0.2) is 11.6 Å². The van der Waals surface area contributed by atoms with E-state index < -0.39 is 11.3 Å². The maximum absolute atomic E-state index is 13.0. The van der Waals surface area contributed by atoms with Gasteiger partial charge >= 0.3 is 0 Å². The number of Topliss-reactive ketones (excluding diaryl/α,β-unsaturated/α-hetero) is 2. The number of ketones is 2. The van der Waals surface area contributed by atoms with E-state index in [2.05, 4.69) is 5.18 Å². The fraction of sp³-hybridized carbons (Fsp3) is 0.300. The molecule has 2 N–H and O–H groups in total. The van der Waals surface area contributed by atoms with E-state index in [4.69, 9.17) is 5.73 Å². The van der Waals surface area contributed by atoms with Crippen molar-refractivity contribution in [2.75, 3.05) is 5.73 Å². The summed E-state index contributed by atoms with van der Waals surface area (Å²) in [6.07, 6.45) is 0.568. The van der Waals surface area contributed by atoms with Crippen LogP contribution in [0.25, 0.3) is 0 Å². The van der Waals surface area contributed by atoms with Gasteiger partial charge in [0, 0.05) is 23.3 Å². The molecule has 0 saturated carbocycles. The van der Waals surface area contributed by atoms with Crippen molar-refractivity contribution in [3.05, 3.63) is 64.1 Å². The Hall–Kier alpha value is -2.82. The van der Waals surface area contributed by atoms with Crippen LogP contribution in [0.1, 0.15) is 41.8 Å². The lowest BCUT2D eigenvalue weighted by Crippen LogP contribution is -2.41. The molecule has 1 aliphatic rings. The van der Waals surface area contributed by atoms with Crippen molar-refractivity contribution in [3.8, 4) is 0 Å². The van der Waals surface area contributed by atoms with Crippen LogP contribution in [0.3, 0.4) is 0 Å². The van der Waals surface area contributed by atoms with E-state index in [-0.39, 0.29) is 29.4 Å². The maximum Gasteiger partial charge on any atom is 0.163 e. The molecule has 0 bridgehead atoms. The van der Waals surface area contributed by atoms with Gasteiger partial charge in [-0.15, -0.1) is 4.91 Å². The van der Waals surface area contributed by atoms with Crippen LogP contribution in [-0.2, 0) is 16.6 Å². The van der Waals surface area contributed by atoms with E-state index in [1.165, 1.54) is 0 Å². The number of anilines is 1. The van der Waals surface area contributed by atoms with Crippen molar-refractivity contribution in [2.45, 2.75) is 32.1 Å². The van der Waals surface area contributed by atoms with E-state index in [1.54, 1.807) is 36.4 Å². The standard InChI is InChI=1S/C20H20N2O3/c1-20(2)15-11-16(21)17(22-25)9-13(15)8-14(19(20)24)10-18(23)12-6-4-3-5-7-12/h3-7,9,11,14H,8,10,21H2,1-2H3. The zero-order valence-corrected chi connectivity index (χ0v) is 14.3. The first-order chi connectivity index (χ1) is 11.8. The zero-order valence-electron chi connectivity index (χ0n) is 14.3. The van der Waals surface area contributed by atoms with Crippen molar-refractivity contribution < 1.29 is 9.59 Å². The number of rotatable bonds is 4. The molecular weight excluding hydrogens is 316 g/mol. The second-order valence-electron chi connectivity index (χ2n) is 7.04. The summed E-state index contributed by atoms with van der Waals surface area (Å²) in [5.74, 6) is -0.448. The van der Waals surface area contributed by atoms with E-state index in [1.807, 2.05) is 19.9 Å². The highest BCUT2D eigenvalue weighted by atomic mass is 16.3. The fourth-order valence-electron chi connectivity index (χ4n) is 3.61. The maximum atomic E-state index is 13.0. The molecule has 1 atom stereocenters. The van der Waals surface area contributed by atoms with E-state index in [0.717, 1.165) is 11.1 Å². The summed E-state index contributed by atoms with van der Waals surface area (Å²) in [6.45, 7) is 3.67. The zero-order chi connectivity index (χ0) is 18.2. The molecule has 0 radical (unpaired) electrons. The van der Waals surface area contributed by atoms with E-state index >= 15 is 0 Å². The number of carbonyl (C=O) groups excluding carboxylic acids is 2. The van der Waals surface area contributed by atoms with E-state index in [9.17, 15) is 14.5 Å². The number of benzene rings is 2. The number of carbonyl (C=O) groups is 2. The van der Waals surface area contributed by atoms with Crippen LogP contribution >= 0.6 is 0 Å². The van der Waals surface area contributed by atoms with Gasteiger partial charge in [0.05, 0.1) is 5.69 Å². The highest BCUT2D eigenvalue weighted by Gasteiger charge is 2.42. The van der Waals surface area contributed by atoms with Crippen LogP contribution in [0.15, 0.2) is 47.6 Å². The SMILES string of the molecule is CC1(C)C(=O)C(CC(=O)c2ccccc2)Cc2cc(N=O)c(N)cc21. The Morgan fingerprint density at radius 3 is 2.56 bits per heavy atom. The molecule has 1 unspecified atom stereocenters. The second-order valence-corrected chi connectivity index (χ2v) is 7.04. The fourth-order valence-corrected chi connectivity index (χ4v) is 3.61. The Labute approximate surface area is 146 Å². The lowest BCUT2D eigenvalue weighted by Gasteiger charge is -2.36. The molecule has 0 aromatic heterocycles. The van der Waals surface area contributed by atoms with Crippen LogP contribution in [0.2, 0.25) is 0 Å². The molecule has 25 heavy (non-hydrogen) atoms. The van der Waals surface area contributed by atoms with Crippen LogP contribution < -0.4 is 5.73 Å². The van der Waals surface area contributed by atoms with Crippen molar-refractivity contribution >= 4 is 22.9 Å². The van der Waals surface area contributed by atoms with Crippen LogP contribution in [0, 0.1) is 10.8 Å². The Morgan fingerprint density at radius 2 is 1.92 bits per heavy atom. The van der Waals surface area contributed by atoms with Gasteiger partial charge in [0.25, 0.3) is 0 Å². The number of nitrogens with zero attached hydrogens (tertiary/aromatic N) is 1.